The molecule has 1 heterocycles. The molecular weight excluding hydrogens is 288 g/mol. The first kappa shape index (κ1) is 14.6. The molecule has 2 aliphatic rings. The lowest BCUT2D eigenvalue weighted by atomic mass is 9.84. The van der Waals surface area contributed by atoms with Crippen LogP contribution in [0.3, 0.4) is 0 Å². The maximum Gasteiger partial charge on any atom is 0.253 e. The van der Waals surface area contributed by atoms with E-state index in [1.807, 2.05) is 18.2 Å². The van der Waals surface area contributed by atoms with Crippen molar-refractivity contribution >= 4 is 16.8 Å². The van der Waals surface area contributed by atoms with E-state index >= 15 is 0 Å². The van der Waals surface area contributed by atoms with Gasteiger partial charge in [0.05, 0.1) is 12.7 Å². The first-order valence-electron chi connectivity index (χ1n) is 8.61. The minimum atomic E-state index is 0.0137. The van der Waals surface area contributed by atoms with Gasteiger partial charge >= 0.3 is 0 Å². The highest BCUT2D eigenvalue weighted by atomic mass is 16.5. The summed E-state index contributed by atoms with van der Waals surface area (Å²) in [5.41, 5.74) is 1.66. The summed E-state index contributed by atoms with van der Waals surface area (Å²) in [7, 11) is 1.64. The molecule has 4 atom stereocenters. The molecule has 23 heavy (non-hydrogen) atoms. The van der Waals surface area contributed by atoms with Gasteiger partial charge in [-0.1, -0.05) is 6.42 Å². The van der Waals surface area contributed by atoms with E-state index in [2.05, 4.69) is 17.2 Å². The van der Waals surface area contributed by atoms with Gasteiger partial charge in [-0.05, 0) is 62.1 Å². The van der Waals surface area contributed by atoms with Crippen LogP contribution in [-0.4, -0.2) is 24.0 Å². The molecule has 2 saturated carbocycles. The van der Waals surface area contributed by atoms with E-state index in [4.69, 9.17) is 4.74 Å². The molecule has 1 amide bonds. The van der Waals surface area contributed by atoms with E-state index < -0.39 is 0 Å². The quantitative estimate of drug-likeness (QED) is 0.904. The molecule has 2 fully saturated rings. The fourth-order valence-electron chi connectivity index (χ4n) is 4.71. The minimum absolute atomic E-state index is 0.0137. The number of H-pyrrole nitrogens is 1. The van der Waals surface area contributed by atoms with Gasteiger partial charge < -0.3 is 15.0 Å². The Hall–Kier alpha value is -1.97. The van der Waals surface area contributed by atoms with E-state index in [0.717, 1.165) is 28.5 Å². The number of rotatable bonds is 4. The Morgan fingerprint density at radius 1 is 1.35 bits per heavy atom. The summed E-state index contributed by atoms with van der Waals surface area (Å²) in [6, 6.07) is 6.01. The predicted octanol–water partition coefficient (Wildman–Crippen LogP) is 3.73. The van der Waals surface area contributed by atoms with Crippen LogP contribution in [0, 0.1) is 17.8 Å². The maximum absolute atomic E-state index is 12.7. The Balaban J connectivity index is 1.52. The largest absolute Gasteiger partial charge is 0.497 e. The smallest absolute Gasteiger partial charge is 0.253 e. The second-order valence-electron chi connectivity index (χ2n) is 7.21. The lowest BCUT2D eigenvalue weighted by Crippen LogP contribution is -2.40. The van der Waals surface area contributed by atoms with Gasteiger partial charge in [0.25, 0.3) is 5.91 Å². The number of hydrogen-bond donors (Lipinski definition) is 2. The second kappa shape index (κ2) is 5.59. The molecule has 2 bridgehead atoms. The Kier molecular flexibility index (Phi) is 3.55. The molecule has 0 saturated heterocycles. The van der Waals surface area contributed by atoms with Crippen LogP contribution in [0.15, 0.2) is 24.4 Å². The van der Waals surface area contributed by atoms with Crippen molar-refractivity contribution in [2.45, 2.75) is 38.6 Å². The highest BCUT2D eigenvalue weighted by molar-refractivity contribution is 6.07. The molecular formula is C19H24N2O2. The average molecular weight is 312 g/mol. The Bertz CT molecular complexity index is 736. The van der Waals surface area contributed by atoms with Crippen LogP contribution in [0.1, 0.15) is 43.0 Å². The van der Waals surface area contributed by atoms with Crippen molar-refractivity contribution in [3.05, 3.63) is 30.0 Å². The SMILES string of the molecule is COc1ccc2[nH]cc(C(=O)N[C@@H](C)[C@@H]3C[C@H]4CC[C@H]3C4)c2c1. The molecule has 2 aliphatic carbocycles. The first-order chi connectivity index (χ1) is 11.2. The summed E-state index contributed by atoms with van der Waals surface area (Å²) >= 11 is 0. The van der Waals surface area contributed by atoms with Crippen LogP contribution in [-0.2, 0) is 0 Å². The summed E-state index contributed by atoms with van der Waals surface area (Å²) < 4.78 is 5.28. The van der Waals surface area contributed by atoms with Crippen LogP contribution in [0.5, 0.6) is 5.75 Å². The van der Waals surface area contributed by atoms with Crippen molar-refractivity contribution in [1.29, 1.82) is 0 Å². The molecule has 4 rings (SSSR count). The van der Waals surface area contributed by atoms with Gasteiger partial charge in [-0.2, -0.15) is 0 Å². The summed E-state index contributed by atoms with van der Waals surface area (Å²) in [5, 5.41) is 4.16. The molecule has 122 valence electrons. The van der Waals surface area contributed by atoms with Gasteiger partial charge in [-0.15, -0.1) is 0 Å². The van der Waals surface area contributed by atoms with Crippen molar-refractivity contribution in [3.8, 4) is 5.75 Å². The van der Waals surface area contributed by atoms with Crippen LogP contribution in [0.4, 0.5) is 0 Å². The highest BCUT2D eigenvalue weighted by Crippen LogP contribution is 2.49. The number of carbonyl (C=O) groups is 1. The van der Waals surface area contributed by atoms with Gasteiger partial charge in [-0.3, -0.25) is 4.79 Å². The number of nitrogens with one attached hydrogen (secondary N) is 2. The third-order valence-electron chi connectivity index (χ3n) is 5.93. The number of fused-ring (bicyclic) bond motifs is 3. The van der Waals surface area contributed by atoms with Crippen molar-refractivity contribution in [2.24, 2.45) is 17.8 Å². The van der Waals surface area contributed by atoms with Gasteiger partial charge in [-0.25, -0.2) is 0 Å². The Labute approximate surface area is 136 Å². The van der Waals surface area contributed by atoms with E-state index in [9.17, 15) is 4.79 Å². The van der Waals surface area contributed by atoms with Gasteiger partial charge in [0.15, 0.2) is 0 Å². The van der Waals surface area contributed by atoms with Crippen LogP contribution < -0.4 is 10.1 Å². The van der Waals surface area contributed by atoms with E-state index in [-0.39, 0.29) is 11.9 Å². The maximum atomic E-state index is 12.7. The van der Waals surface area contributed by atoms with Crippen molar-refractivity contribution in [1.82, 2.24) is 10.3 Å². The third kappa shape index (κ3) is 2.50. The molecule has 0 spiro atoms. The van der Waals surface area contributed by atoms with E-state index in [0.29, 0.717) is 11.5 Å². The van der Waals surface area contributed by atoms with Crippen LogP contribution in [0.2, 0.25) is 0 Å². The zero-order valence-electron chi connectivity index (χ0n) is 13.8. The first-order valence-corrected chi connectivity index (χ1v) is 8.61. The van der Waals surface area contributed by atoms with Gasteiger partial charge in [0, 0.05) is 23.1 Å². The van der Waals surface area contributed by atoms with E-state index in [1.54, 1.807) is 13.3 Å². The number of ether oxygens (including phenoxy) is 1. The van der Waals surface area contributed by atoms with Crippen LogP contribution >= 0.6 is 0 Å². The molecule has 2 aromatic rings. The summed E-state index contributed by atoms with van der Waals surface area (Å²) in [4.78, 5) is 15.9. The third-order valence-corrected chi connectivity index (χ3v) is 5.93. The number of benzene rings is 1. The molecule has 4 heteroatoms. The average Bonchev–Trinajstić information content (AvgIpc) is 3.28. The Morgan fingerprint density at radius 3 is 2.91 bits per heavy atom. The summed E-state index contributed by atoms with van der Waals surface area (Å²) in [5.74, 6) is 3.16. The normalized spacial score (nSPS) is 27.3. The zero-order valence-corrected chi connectivity index (χ0v) is 13.8. The second-order valence-corrected chi connectivity index (χ2v) is 7.21. The Morgan fingerprint density at radius 2 is 2.22 bits per heavy atom. The number of carbonyl (C=O) groups excluding carboxylic acids is 1. The fraction of sp³-hybridized carbons (Fsp3) is 0.526. The highest BCUT2D eigenvalue weighted by Gasteiger charge is 2.42. The number of aromatic amines is 1. The molecule has 0 unspecified atom stereocenters. The number of aromatic nitrogens is 1. The van der Waals surface area contributed by atoms with Crippen molar-refractivity contribution < 1.29 is 9.53 Å². The minimum Gasteiger partial charge on any atom is -0.497 e. The molecule has 1 aromatic carbocycles. The number of amides is 1. The predicted molar refractivity (Wildman–Crippen MR) is 90.7 cm³/mol. The molecule has 1 aromatic heterocycles. The lowest BCUT2D eigenvalue weighted by Gasteiger charge is -2.28. The van der Waals surface area contributed by atoms with Gasteiger partial charge in [0.2, 0.25) is 0 Å². The van der Waals surface area contributed by atoms with Crippen molar-refractivity contribution in [2.75, 3.05) is 7.11 Å². The van der Waals surface area contributed by atoms with E-state index in [1.165, 1.54) is 25.7 Å². The molecule has 2 N–H and O–H groups in total. The standard InChI is InChI=1S/C19H24N2O2/c1-11(15-8-12-3-4-13(15)7-12)21-19(22)17-10-20-18-6-5-14(23-2)9-16(17)18/h5-6,9-13,15,20H,3-4,7-8H2,1-2H3,(H,21,22)/t11-,12-,13-,15-/m0/s1. The fourth-order valence-corrected chi connectivity index (χ4v) is 4.71. The number of methoxy groups -OCH3 is 1. The zero-order chi connectivity index (χ0) is 16.0. The monoisotopic (exact) mass is 312 g/mol. The summed E-state index contributed by atoms with van der Waals surface area (Å²) in [6.07, 6.45) is 7.19. The van der Waals surface area contributed by atoms with Crippen LogP contribution in [0.25, 0.3) is 10.9 Å². The van der Waals surface area contributed by atoms with Crippen molar-refractivity contribution in [3.63, 3.8) is 0 Å². The number of hydrogen-bond acceptors (Lipinski definition) is 2. The summed E-state index contributed by atoms with van der Waals surface area (Å²) in [6.45, 7) is 2.17. The lowest BCUT2D eigenvalue weighted by molar-refractivity contribution is 0.0917. The topological polar surface area (TPSA) is 54.1 Å². The van der Waals surface area contributed by atoms with Gasteiger partial charge in [0.1, 0.15) is 5.75 Å². The molecule has 0 aliphatic heterocycles. The molecule has 0 radical (unpaired) electrons. The molecule has 4 nitrogen and oxygen atoms in total.